The zero-order valence-electron chi connectivity index (χ0n) is 8.86. The van der Waals surface area contributed by atoms with E-state index in [9.17, 15) is 17.2 Å². The maximum absolute atomic E-state index is 13.3. The number of alkyl halides is 1. The van der Waals surface area contributed by atoms with Crippen LogP contribution in [0.15, 0.2) is 23.1 Å². The number of benzene rings is 1. The van der Waals surface area contributed by atoms with E-state index in [1.807, 2.05) is 0 Å². The monoisotopic (exact) mass is 262 g/mol. The molecule has 2 rings (SSSR count). The van der Waals surface area contributed by atoms with Gasteiger partial charge in [-0.05, 0) is 30.2 Å². The predicted molar refractivity (Wildman–Crippen MR) is 58.0 cm³/mol. The third kappa shape index (κ3) is 2.80. The second kappa shape index (κ2) is 4.32. The van der Waals surface area contributed by atoms with Crippen molar-refractivity contribution >= 4 is 10.0 Å². The first-order valence-corrected chi connectivity index (χ1v) is 6.61. The first-order chi connectivity index (χ1) is 7.86. The average molecular weight is 262 g/mol. The van der Waals surface area contributed by atoms with Gasteiger partial charge in [0.2, 0.25) is 10.0 Å². The molecule has 0 radical (unpaired) electrons. The Hall–Kier alpha value is -1.05. The quantitative estimate of drug-likeness (QED) is 0.829. The molecule has 0 bridgehead atoms. The summed E-state index contributed by atoms with van der Waals surface area (Å²) < 4.78 is 48.5. The average Bonchev–Trinajstić information content (AvgIpc) is 2.62. The number of nitrogens with two attached hydrogens (primary N) is 1. The number of nitrogens with one attached hydrogen (secondary N) is 1. The Bertz CT molecular complexity index is 533. The normalized spacial score (nSPS) is 25.1. The first kappa shape index (κ1) is 12.4. The maximum atomic E-state index is 13.3. The summed E-state index contributed by atoms with van der Waals surface area (Å²) in [6.07, 6.45) is -0.797. The van der Waals surface area contributed by atoms with Gasteiger partial charge in [-0.2, -0.15) is 0 Å². The molecule has 0 amide bonds. The summed E-state index contributed by atoms with van der Waals surface area (Å²) in [5.74, 6) is -0.698. The van der Waals surface area contributed by atoms with Crippen LogP contribution in [0.3, 0.4) is 0 Å². The molecule has 0 unspecified atom stereocenters. The van der Waals surface area contributed by atoms with E-state index in [2.05, 4.69) is 5.32 Å². The number of hydrogen-bond acceptors (Lipinski definition) is 3. The molecule has 1 heterocycles. The van der Waals surface area contributed by atoms with Gasteiger partial charge in [0.05, 0.1) is 4.90 Å². The molecule has 0 aliphatic carbocycles. The minimum absolute atomic E-state index is 0.186. The Balaban J connectivity index is 2.39. The lowest BCUT2D eigenvalue weighted by atomic mass is 10.1. The van der Waals surface area contributed by atoms with E-state index in [-0.39, 0.29) is 23.9 Å². The third-order valence-corrected chi connectivity index (χ3v) is 3.59. The molecule has 94 valence electrons. The van der Waals surface area contributed by atoms with Crippen LogP contribution in [0.25, 0.3) is 0 Å². The number of rotatable bonds is 2. The molecule has 7 heteroatoms. The largest absolute Gasteiger partial charge is 0.307 e. The van der Waals surface area contributed by atoms with E-state index in [4.69, 9.17) is 5.14 Å². The molecule has 0 saturated carbocycles. The lowest BCUT2D eigenvalue weighted by Crippen LogP contribution is -2.16. The smallest absolute Gasteiger partial charge is 0.238 e. The van der Waals surface area contributed by atoms with Crippen molar-refractivity contribution in [1.29, 1.82) is 0 Å². The van der Waals surface area contributed by atoms with Gasteiger partial charge < -0.3 is 5.32 Å². The highest BCUT2D eigenvalue weighted by Crippen LogP contribution is 2.27. The van der Waals surface area contributed by atoms with Crippen molar-refractivity contribution in [2.45, 2.75) is 23.5 Å². The summed E-state index contributed by atoms with van der Waals surface area (Å²) in [7, 11) is -3.95. The summed E-state index contributed by atoms with van der Waals surface area (Å²) in [6, 6.07) is 2.93. The van der Waals surface area contributed by atoms with Crippen molar-refractivity contribution in [3.63, 3.8) is 0 Å². The lowest BCUT2D eigenvalue weighted by molar-refractivity contribution is 0.356. The Morgan fingerprint density at radius 3 is 2.59 bits per heavy atom. The second-order valence-electron chi connectivity index (χ2n) is 4.06. The van der Waals surface area contributed by atoms with Gasteiger partial charge in [-0.25, -0.2) is 22.3 Å². The minimum Gasteiger partial charge on any atom is -0.307 e. The molecule has 2 atom stereocenters. The number of primary sulfonamides is 1. The molecular formula is C10H12F2N2O2S. The second-order valence-corrected chi connectivity index (χ2v) is 5.62. The van der Waals surface area contributed by atoms with E-state index in [1.165, 1.54) is 12.1 Å². The molecule has 1 aromatic rings. The molecule has 0 spiro atoms. The van der Waals surface area contributed by atoms with Gasteiger partial charge in [-0.15, -0.1) is 0 Å². The molecule has 17 heavy (non-hydrogen) atoms. The van der Waals surface area contributed by atoms with E-state index in [0.717, 1.165) is 6.07 Å². The minimum atomic E-state index is -3.95. The van der Waals surface area contributed by atoms with Gasteiger partial charge in [-0.1, -0.05) is 0 Å². The van der Waals surface area contributed by atoms with Crippen LogP contribution in [-0.4, -0.2) is 21.1 Å². The maximum Gasteiger partial charge on any atom is 0.238 e. The number of halogens is 2. The lowest BCUT2D eigenvalue weighted by Gasteiger charge is -2.11. The van der Waals surface area contributed by atoms with Crippen LogP contribution in [0.1, 0.15) is 18.0 Å². The van der Waals surface area contributed by atoms with Crippen LogP contribution < -0.4 is 10.5 Å². The number of hydrogen-bond donors (Lipinski definition) is 2. The summed E-state index contributed by atoms with van der Waals surface area (Å²) in [6.45, 7) is 0.186. The van der Waals surface area contributed by atoms with Crippen LogP contribution in [0.4, 0.5) is 8.78 Å². The Labute approximate surface area is 97.9 Å². The molecule has 1 aromatic carbocycles. The van der Waals surface area contributed by atoms with Crippen molar-refractivity contribution in [3.8, 4) is 0 Å². The predicted octanol–water partition coefficient (Wildman–Crippen LogP) is 0.846. The molecule has 1 fully saturated rings. The van der Waals surface area contributed by atoms with Crippen molar-refractivity contribution in [1.82, 2.24) is 5.32 Å². The highest BCUT2D eigenvalue weighted by atomic mass is 32.2. The fourth-order valence-corrected chi connectivity index (χ4v) is 2.47. The fourth-order valence-electron chi connectivity index (χ4n) is 1.90. The van der Waals surface area contributed by atoms with Gasteiger partial charge in [0, 0.05) is 12.6 Å². The molecule has 4 nitrogen and oxygen atoms in total. The zero-order chi connectivity index (χ0) is 12.6. The summed E-state index contributed by atoms with van der Waals surface area (Å²) in [5.41, 5.74) is 0.397. The molecule has 1 aliphatic heterocycles. The van der Waals surface area contributed by atoms with Crippen LogP contribution in [-0.2, 0) is 10.0 Å². The van der Waals surface area contributed by atoms with Crippen molar-refractivity contribution in [2.24, 2.45) is 5.14 Å². The van der Waals surface area contributed by atoms with Gasteiger partial charge in [0.15, 0.2) is 0 Å². The first-order valence-electron chi connectivity index (χ1n) is 5.07. The van der Waals surface area contributed by atoms with E-state index < -0.39 is 22.0 Å². The Morgan fingerprint density at radius 2 is 2.06 bits per heavy atom. The van der Waals surface area contributed by atoms with Gasteiger partial charge in [-0.3, -0.25) is 0 Å². The topological polar surface area (TPSA) is 72.2 Å². The van der Waals surface area contributed by atoms with Gasteiger partial charge in [0.1, 0.15) is 12.0 Å². The highest BCUT2D eigenvalue weighted by molar-refractivity contribution is 7.89. The molecule has 3 N–H and O–H groups in total. The number of sulfonamides is 1. The summed E-state index contributed by atoms with van der Waals surface area (Å²) in [5, 5.41) is 7.78. The van der Waals surface area contributed by atoms with E-state index in [0.29, 0.717) is 5.56 Å². The van der Waals surface area contributed by atoms with Gasteiger partial charge >= 0.3 is 0 Å². The Kier molecular flexibility index (Phi) is 3.15. The fraction of sp³-hybridized carbons (Fsp3) is 0.400. The summed E-state index contributed by atoms with van der Waals surface area (Å²) >= 11 is 0. The summed E-state index contributed by atoms with van der Waals surface area (Å²) in [4.78, 5) is -0.295. The van der Waals surface area contributed by atoms with Crippen molar-refractivity contribution in [3.05, 3.63) is 29.6 Å². The van der Waals surface area contributed by atoms with Gasteiger partial charge in [0.25, 0.3) is 0 Å². The zero-order valence-corrected chi connectivity index (χ0v) is 9.68. The van der Waals surface area contributed by atoms with Crippen LogP contribution in [0.2, 0.25) is 0 Å². The van der Waals surface area contributed by atoms with Crippen molar-refractivity contribution in [2.75, 3.05) is 6.54 Å². The third-order valence-electron chi connectivity index (χ3n) is 2.70. The molecular weight excluding hydrogens is 250 g/mol. The standard InChI is InChI=1S/C10H12F2N2O2S/c11-7-1-6(10-4-8(12)5-14-10)2-9(3-7)17(13,15)16/h1-3,8,10,14H,4-5H2,(H2,13,15,16)/t8-,10+/m0/s1. The highest BCUT2D eigenvalue weighted by Gasteiger charge is 2.26. The van der Waals surface area contributed by atoms with E-state index in [1.54, 1.807) is 0 Å². The van der Waals surface area contributed by atoms with Crippen LogP contribution >= 0.6 is 0 Å². The van der Waals surface area contributed by atoms with E-state index >= 15 is 0 Å². The molecule has 0 aromatic heterocycles. The van der Waals surface area contributed by atoms with Crippen molar-refractivity contribution < 1.29 is 17.2 Å². The molecule has 1 saturated heterocycles. The van der Waals surface area contributed by atoms with Crippen LogP contribution in [0, 0.1) is 5.82 Å². The van der Waals surface area contributed by atoms with Crippen LogP contribution in [0.5, 0.6) is 0 Å². The molecule has 1 aliphatic rings. The SMILES string of the molecule is NS(=O)(=O)c1cc(F)cc([C@H]2C[C@H](F)CN2)c1. The Morgan fingerprint density at radius 1 is 1.35 bits per heavy atom.